The first-order valence-corrected chi connectivity index (χ1v) is 8.14. The standard InChI is InChI=1S/C15H20BrF2N3O.ClH/c16-12-3-4-13(17)11(14(12)18)9-21-7-1-2-10(8-21)15(22)20-6-5-19;/h3-4,10H,1-2,5-9,19H2,(H,20,22);1H. The molecule has 23 heavy (non-hydrogen) atoms. The van der Waals surface area contributed by atoms with Gasteiger partial charge in [-0.1, -0.05) is 0 Å². The molecule has 1 aromatic carbocycles. The molecule has 130 valence electrons. The zero-order chi connectivity index (χ0) is 16.1. The second-order valence-electron chi connectivity index (χ2n) is 5.48. The Labute approximate surface area is 149 Å². The molecular weight excluding hydrogens is 392 g/mol. The molecule has 1 aliphatic rings. The van der Waals surface area contributed by atoms with Gasteiger partial charge in [-0.05, 0) is 47.4 Å². The Hall–Kier alpha value is -0.760. The number of nitrogens with two attached hydrogens (primary N) is 1. The maximum Gasteiger partial charge on any atom is 0.224 e. The van der Waals surface area contributed by atoms with E-state index >= 15 is 0 Å². The zero-order valence-electron chi connectivity index (χ0n) is 12.7. The monoisotopic (exact) mass is 411 g/mol. The van der Waals surface area contributed by atoms with Crippen molar-refractivity contribution in [3.8, 4) is 0 Å². The Balaban J connectivity index is 0.00000264. The van der Waals surface area contributed by atoms with Gasteiger partial charge in [0.2, 0.25) is 5.91 Å². The lowest BCUT2D eigenvalue weighted by molar-refractivity contribution is -0.126. The van der Waals surface area contributed by atoms with Crippen molar-refractivity contribution < 1.29 is 13.6 Å². The fraction of sp³-hybridized carbons (Fsp3) is 0.533. The molecule has 0 bridgehead atoms. The second kappa shape index (κ2) is 9.52. The molecule has 1 aliphatic heterocycles. The smallest absolute Gasteiger partial charge is 0.224 e. The molecule has 1 unspecified atom stereocenters. The predicted molar refractivity (Wildman–Crippen MR) is 91.4 cm³/mol. The van der Waals surface area contributed by atoms with Crippen molar-refractivity contribution in [3.63, 3.8) is 0 Å². The van der Waals surface area contributed by atoms with E-state index < -0.39 is 11.6 Å². The fourth-order valence-electron chi connectivity index (χ4n) is 2.69. The summed E-state index contributed by atoms with van der Waals surface area (Å²) in [6, 6.07) is 2.60. The van der Waals surface area contributed by atoms with Crippen molar-refractivity contribution in [1.29, 1.82) is 0 Å². The summed E-state index contributed by atoms with van der Waals surface area (Å²) in [5.74, 6) is -1.32. The van der Waals surface area contributed by atoms with Crippen molar-refractivity contribution >= 4 is 34.2 Å². The normalized spacial score (nSPS) is 18.3. The first kappa shape index (κ1) is 20.3. The molecule has 4 nitrogen and oxygen atoms in total. The average molecular weight is 413 g/mol. The number of likely N-dealkylation sites (tertiary alicyclic amines) is 1. The summed E-state index contributed by atoms with van der Waals surface area (Å²) in [5.41, 5.74) is 5.41. The Kier molecular flexibility index (Phi) is 8.39. The van der Waals surface area contributed by atoms with E-state index in [4.69, 9.17) is 5.73 Å². The van der Waals surface area contributed by atoms with Crippen LogP contribution in [0.15, 0.2) is 16.6 Å². The Morgan fingerprint density at radius 2 is 2.17 bits per heavy atom. The van der Waals surface area contributed by atoms with Gasteiger partial charge >= 0.3 is 0 Å². The van der Waals surface area contributed by atoms with Gasteiger partial charge in [0, 0.05) is 31.7 Å². The molecule has 1 fully saturated rings. The third-order valence-electron chi connectivity index (χ3n) is 3.84. The van der Waals surface area contributed by atoms with Crippen molar-refractivity contribution in [2.45, 2.75) is 19.4 Å². The lowest BCUT2D eigenvalue weighted by atomic mass is 9.96. The third kappa shape index (κ3) is 5.38. The predicted octanol–water partition coefficient (Wildman–Crippen LogP) is 2.44. The summed E-state index contributed by atoms with van der Waals surface area (Å²) >= 11 is 3.07. The number of carbonyl (C=O) groups excluding carboxylic acids is 1. The van der Waals surface area contributed by atoms with Gasteiger partial charge in [0.1, 0.15) is 11.6 Å². The first-order valence-electron chi connectivity index (χ1n) is 7.35. The molecule has 1 atom stereocenters. The molecular formula is C15H21BrClF2N3O. The van der Waals surface area contributed by atoms with Crippen molar-refractivity contribution in [2.75, 3.05) is 26.2 Å². The first-order chi connectivity index (χ1) is 10.5. The van der Waals surface area contributed by atoms with E-state index in [0.29, 0.717) is 19.6 Å². The van der Waals surface area contributed by atoms with Gasteiger partial charge in [0.25, 0.3) is 0 Å². The number of hydrogen-bond acceptors (Lipinski definition) is 3. The molecule has 0 radical (unpaired) electrons. The van der Waals surface area contributed by atoms with Crippen LogP contribution in [0.25, 0.3) is 0 Å². The highest BCUT2D eigenvalue weighted by molar-refractivity contribution is 9.10. The van der Waals surface area contributed by atoms with E-state index in [2.05, 4.69) is 21.2 Å². The van der Waals surface area contributed by atoms with Gasteiger partial charge in [0.05, 0.1) is 10.4 Å². The van der Waals surface area contributed by atoms with E-state index in [0.717, 1.165) is 19.4 Å². The van der Waals surface area contributed by atoms with E-state index in [1.54, 1.807) is 0 Å². The average Bonchev–Trinajstić information content (AvgIpc) is 2.53. The molecule has 1 saturated heterocycles. The largest absolute Gasteiger partial charge is 0.355 e. The molecule has 0 aromatic heterocycles. The fourth-order valence-corrected chi connectivity index (χ4v) is 3.06. The van der Waals surface area contributed by atoms with Crippen LogP contribution in [0.3, 0.4) is 0 Å². The quantitative estimate of drug-likeness (QED) is 0.730. The number of hydrogen-bond donors (Lipinski definition) is 2. The van der Waals surface area contributed by atoms with Crippen LogP contribution < -0.4 is 11.1 Å². The molecule has 0 saturated carbocycles. The molecule has 1 heterocycles. The van der Waals surface area contributed by atoms with Crippen LogP contribution in [0.1, 0.15) is 18.4 Å². The number of nitrogens with zero attached hydrogens (tertiary/aromatic N) is 1. The topological polar surface area (TPSA) is 58.4 Å². The lowest BCUT2D eigenvalue weighted by Crippen LogP contribution is -2.43. The number of nitrogens with one attached hydrogen (secondary N) is 1. The number of carbonyl (C=O) groups is 1. The molecule has 0 aliphatic carbocycles. The van der Waals surface area contributed by atoms with Gasteiger partial charge < -0.3 is 11.1 Å². The third-order valence-corrected chi connectivity index (χ3v) is 4.45. The van der Waals surface area contributed by atoms with E-state index in [9.17, 15) is 13.6 Å². The Morgan fingerprint density at radius 3 is 2.87 bits per heavy atom. The van der Waals surface area contributed by atoms with Gasteiger partial charge in [0.15, 0.2) is 0 Å². The minimum atomic E-state index is -0.574. The Morgan fingerprint density at radius 1 is 1.43 bits per heavy atom. The van der Waals surface area contributed by atoms with Crippen LogP contribution in [0, 0.1) is 17.6 Å². The van der Waals surface area contributed by atoms with Crippen LogP contribution in [-0.2, 0) is 11.3 Å². The number of amides is 1. The van der Waals surface area contributed by atoms with Crippen LogP contribution in [-0.4, -0.2) is 37.0 Å². The molecule has 2 rings (SSSR count). The summed E-state index contributed by atoms with van der Waals surface area (Å²) in [6.45, 7) is 2.24. The minimum Gasteiger partial charge on any atom is -0.355 e. The number of benzene rings is 1. The van der Waals surface area contributed by atoms with Gasteiger partial charge in [-0.3, -0.25) is 9.69 Å². The highest BCUT2D eigenvalue weighted by Crippen LogP contribution is 2.25. The van der Waals surface area contributed by atoms with Crippen molar-refractivity contribution in [3.05, 3.63) is 33.8 Å². The maximum atomic E-state index is 14.0. The maximum absolute atomic E-state index is 14.0. The molecule has 8 heteroatoms. The van der Waals surface area contributed by atoms with Crippen molar-refractivity contribution in [1.82, 2.24) is 10.2 Å². The minimum absolute atomic E-state index is 0. The van der Waals surface area contributed by atoms with Crippen LogP contribution in [0.5, 0.6) is 0 Å². The molecule has 1 amide bonds. The molecule has 3 N–H and O–H groups in total. The molecule has 0 spiro atoms. The van der Waals surface area contributed by atoms with Gasteiger partial charge in [-0.25, -0.2) is 8.78 Å². The summed E-state index contributed by atoms with van der Waals surface area (Å²) < 4.78 is 28.1. The van der Waals surface area contributed by atoms with Crippen LogP contribution >= 0.6 is 28.3 Å². The highest BCUT2D eigenvalue weighted by Gasteiger charge is 2.27. The summed E-state index contributed by atoms with van der Waals surface area (Å²) in [5, 5.41) is 2.77. The van der Waals surface area contributed by atoms with Gasteiger partial charge in [-0.2, -0.15) is 0 Å². The molecule has 1 aromatic rings. The van der Waals surface area contributed by atoms with Crippen LogP contribution in [0.4, 0.5) is 8.78 Å². The number of piperidine rings is 1. The van der Waals surface area contributed by atoms with E-state index in [-0.39, 0.29) is 40.8 Å². The Bertz CT molecular complexity index is 548. The van der Waals surface area contributed by atoms with E-state index in [1.807, 2.05) is 4.90 Å². The zero-order valence-corrected chi connectivity index (χ0v) is 15.1. The number of rotatable bonds is 5. The van der Waals surface area contributed by atoms with Crippen LogP contribution in [0.2, 0.25) is 0 Å². The summed E-state index contributed by atoms with van der Waals surface area (Å²) in [4.78, 5) is 13.9. The van der Waals surface area contributed by atoms with Crippen molar-refractivity contribution in [2.24, 2.45) is 11.7 Å². The summed E-state index contributed by atoms with van der Waals surface area (Å²) in [6.07, 6.45) is 1.62. The lowest BCUT2D eigenvalue weighted by Gasteiger charge is -2.32. The van der Waals surface area contributed by atoms with Gasteiger partial charge in [-0.15, -0.1) is 12.4 Å². The highest BCUT2D eigenvalue weighted by atomic mass is 79.9. The van der Waals surface area contributed by atoms with E-state index in [1.165, 1.54) is 12.1 Å². The second-order valence-corrected chi connectivity index (χ2v) is 6.33. The SMILES string of the molecule is Cl.NCCNC(=O)C1CCCN(Cc2c(F)ccc(Br)c2F)C1. The number of halogens is 4. The summed E-state index contributed by atoms with van der Waals surface area (Å²) in [7, 11) is 0.